The number of carbonyl (C=O) groups excluding carboxylic acids is 2. The maximum Gasteiger partial charge on any atom is 0.317 e. The summed E-state index contributed by atoms with van der Waals surface area (Å²) in [5, 5.41) is 5.85. The first-order valence-electron chi connectivity index (χ1n) is 11.1. The van der Waals surface area contributed by atoms with Gasteiger partial charge in [-0.15, -0.1) is 0 Å². The van der Waals surface area contributed by atoms with Gasteiger partial charge in [-0.25, -0.2) is 9.18 Å². The minimum absolute atomic E-state index is 0.0582. The van der Waals surface area contributed by atoms with Gasteiger partial charge in [0.2, 0.25) is 5.91 Å². The van der Waals surface area contributed by atoms with Crippen molar-refractivity contribution in [2.75, 3.05) is 13.1 Å². The molecule has 2 atom stereocenters. The molecule has 2 unspecified atom stereocenters. The summed E-state index contributed by atoms with van der Waals surface area (Å²) in [6, 6.07) is 14.4. The van der Waals surface area contributed by atoms with Crippen LogP contribution in [-0.4, -0.2) is 29.9 Å². The van der Waals surface area contributed by atoms with Gasteiger partial charge >= 0.3 is 6.03 Å². The molecule has 2 aromatic rings. The molecular formula is C25H32FN3O2. The standard InChI is InChI=1S/C25H32FN3O2/c1-3-4-14-27-25(31)29-17-21(12-13-23(29)19-10-7-8-18(2)15-19)24(30)28-16-20-9-5-6-11-22(20)26/h5-11,15,21,23H,3-4,12-14,16-17H2,1-2H3,(H,27,31)(H,28,30). The highest BCUT2D eigenvalue weighted by molar-refractivity contribution is 5.81. The van der Waals surface area contributed by atoms with Crippen LogP contribution in [0.15, 0.2) is 48.5 Å². The Hall–Kier alpha value is -2.89. The number of nitrogens with one attached hydrogen (secondary N) is 2. The third-order valence-corrected chi connectivity index (χ3v) is 5.86. The molecule has 1 saturated heterocycles. The molecule has 1 fully saturated rings. The molecule has 1 aliphatic rings. The lowest BCUT2D eigenvalue weighted by molar-refractivity contribution is -0.127. The van der Waals surface area contributed by atoms with Gasteiger partial charge in [0, 0.05) is 25.2 Å². The average Bonchev–Trinajstić information content (AvgIpc) is 2.78. The number of piperidine rings is 1. The molecule has 1 aliphatic heterocycles. The van der Waals surface area contributed by atoms with E-state index in [0.29, 0.717) is 31.5 Å². The Morgan fingerprint density at radius 1 is 1.10 bits per heavy atom. The zero-order valence-electron chi connectivity index (χ0n) is 18.4. The predicted octanol–water partition coefficient (Wildman–Crippen LogP) is 4.71. The van der Waals surface area contributed by atoms with E-state index >= 15 is 0 Å². The molecule has 0 spiro atoms. The molecule has 3 rings (SSSR count). The van der Waals surface area contributed by atoms with Gasteiger partial charge < -0.3 is 15.5 Å². The lowest BCUT2D eigenvalue weighted by Gasteiger charge is -2.39. The smallest absolute Gasteiger partial charge is 0.317 e. The molecule has 5 nitrogen and oxygen atoms in total. The number of amides is 3. The van der Waals surface area contributed by atoms with Crippen LogP contribution < -0.4 is 10.6 Å². The molecule has 0 bridgehead atoms. The summed E-state index contributed by atoms with van der Waals surface area (Å²) in [6.07, 6.45) is 3.31. The van der Waals surface area contributed by atoms with E-state index in [1.807, 2.05) is 25.1 Å². The third kappa shape index (κ3) is 6.06. The lowest BCUT2D eigenvalue weighted by atomic mass is 9.88. The third-order valence-electron chi connectivity index (χ3n) is 5.86. The van der Waals surface area contributed by atoms with Crippen molar-refractivity contribution < 1.29 is 14.0 Å². The first-order chi connectivity index (χ1) is 15.0. The van der Waals surface area contributed by atoms with Crippen molar-refractivity contribution in [1.29, 1.82) is 0 Å². The summed E-state index contributed by atoms with van der Waals surface area (Å²) >= 11 is 0. The Labute approximate surface area is 184 Å². The van der Waals surface area contributed by atoms with E-state index in [9.17, 15) is 14.0 Å². The van der Waals surface area contributed by atoms with Crippen LogP contribution in [0.5, 0.6) is 0 Å². The molecular weight excluding hydrogens is 393 g/mol. The minimum atomic E-state index is -0.331. The molecule has 31 heavy (non-hydrogen) atoms. The van der Waals surface area contributed by atoms with Crippen LogP contribution in [0, 0.1) is 18.7 Å². The quantitative estimate of drug-likeness (QED) is 0.631. The highest BCUT2D eigenvalue weighted by atomic mass is 19.1. The second-order valence-electron chi connectivity index (χ2n) is 8.25. The highest BCUT2D eigenvalue weighted by Gasteiger charge is 2.35. The molecule has 0 radical (unpaired) electrons. The number of hydrogen-bond donors (Lipinski definition) is 2. The van der Waals surface area contributed by atoms with Crippen molar-refractivity contribution >= 4 is 11.9 Å². The summed E-state index contributed by atoms with van der Waals surface area (Å²) in [4.78, 5) is 27.6. The summed E-state index contributed by atoms with van der Waals surface area (Å²) in [5.41, 5.74) is 2.70. The zero-order valence-corrected chi connectivity index (χ0v) is 18.4. The fourth-order valence-electron chi connectivity index (χ4n) is 4.08. The second-order valence-corrected chi connectivity index (χ2v) is 8.25. The summed E-state index contributed by atoms with van der Waals surface area (Å²) in [6.45, 7) is 5.23. The van der Waals surface area contributed by atoms with E-state index in [4.69, 9.17) is 0 Å². The Morgan fingerprint density at radius 3 is 2.65 bits per heavy atom. The number of nitrogens with zero attached hydrogens (tertiary/aromatic N) is 1. The van der Waals surface area contributed by atoms with E-state index in [0.717, 1.165) is 24.0 Å². The van der Waals surface area contributed by atoms with Gasteiger partial charge in [-0.05, 0) is 37.8 Å². The number of likely N-dealkylation sites (tertiary alicyclic amines) is 1. The minimum Gasteiger partial charge on any atom is -0.352 e. The summed E-state index contributed by atoms with van der Waals surface area (Å²) in [7, 11) is 0. The van der Waals surface area contributed by atoms with Crippen molar-refractivity contribution in [2.45, 2.75) is 52.1 Å². The Kier molecular flexibility index (Phi) is 8.04. The SMILES string of the molecule is CCCCNC(=O)N1CC(C(=O)NCc2ccccc2F)CCC1c1cccc(C)c1. The fraction of sp³-hybridized carbons (Fsp3) is 0.440. The Bertz CT molecular complexity index is 902. The molecule has 0 aliphatic carbocycles. The average molecular weight is 426 g/mol. The number of carbonyl (C=O) groups is 2. The Balaban J connectivity index is 1.69. The number of urea groups is 1. The second kappa shape index (κ2) is 10.9. The van der Waals surface area contributed by atoms with Crippen molar-refractivity contribution in [3.8, 4) is 0 Å². The number of aryl methyl sites for hydroxylation is 1. The van der Waals surface area contributed by atoms with Gasteiger partial charge in [-0.3, -0.25) is 4.79 Å². The number of hydrogen-bond acceptors (Lipinski definition) is 2. The van der Waals surface area contributed by atoms with Crippen molar-refractivity contribution in [2.24, 2.45) is 5.92 Å². The molecule has 2 aromatic carbocycles. The van der Waals surface area contributed by atoms with Crippen LogP contribution in [0.2, 0.25) is 0 Å². The van der Waals surface area contributed by atoms with Gasteiger partial charge in [0.1, 0.15) is 5.82 Å². The van der Waals surface area contributed by atoms with E-state index < -0.39 is 0 Å². The zero-order chi connectivity index (χ0) is 22.2. The molecule has 1 heterocycles. The normalized spacial score (nSPS) is 18.5. The number of unbranched alkanes of at least 4 members (excludes halogenated alkanes) is 1. The first-order valence-corrected chi connectivity index (χ1v) is 11.1. The molecule has 166 valence electrons. The number of benzene rings is 2. The fourth-order valence-corrected chi connectivity index (χ4v) is 4.08. The monoisotopic (exact) mass is 425 g/mol. The van der Waals surface area contributed by atoms with E-state index in [1.54, 1.807) is 23.1 Å². The van der Waals surface area contributed by atoms with Crippen LogP contribution in [0.4, 0.5) is 9.18 Å². The van der Waals surface area contributed by atoms with Gasteiger partial charge in [-0.2, -0.15) is 0 Å². The van der Waals surface area contributed by atoms with E-state index in [-0.39, 0.29) is 36.3 Å². The van der Waals surface area contributed by atoms with Gasteiger partial charge in [0.05, 0.1) is 12.0 Å². The number of halogens is 1. The first kappa shape index (κ1) is 22.8. The van der Waals surface area contributed by atoms with Crippen LogP contribution in [0.25, 0.3) is 0 Å². The molecule has 3 amide bonds. The number of rotatable bonds is 7. The van der Waals surface area contributed by atoms with Crippen LogP contribution in [0.3, 0.4) is 0 Å². The summed E-state index contributed by atoms with van der Waals surface area (Å²) in [5.74, 6) is -0.787. The van der Waals surface area contributed by atoms with Gasteiger partial charge in [0.25, 0.3) is 0 Å². The molecule has 6 heteroatoms. The van der Waals surface area contributed by atoms with Crippen LogP contribution >= 0.6 is 0 Å². The largest absolute Gasteiger partial charge is 0.352 e. The van der Waals surface area contributed by atoms with Gasteiger partial charge in [0.15, 0.2) is 0 Å². The van der Waals surface area contributed by atoms with Crippen molar-refractivity contribution in [1.82, 2.24) is 15.5 Å². The topological polar surface area (TPSA) is 61.4 Å². The van der Waals surface area contributed by atoms with Gasteiger partial charge in [-0.1, -0.05) is 61.4 Å². The van der Waals surface area contributed by atoms with Crippen LogP contribution in [0.1, 0.15) is 55.3 Å². The lowest BCUT2D eigenvalue weighted by Crippen LogP contribution is -2.50. The van der Waals surface area contributed by atoms with E-state index in [2.05, 4.69) is 23.6 Å². The summed E-state index contributed by atoms with van der Waals surface area (Å²) < 4.78 is 13.9. The molecule has 0 aromatic heterocycles. The van der Waals surface area contributed by atoms with E-state index in [1.165, 1.54) is 6.07 Å². The Morgan fingerprint density at radius 2 is 1.90 bits per heavy atom. The highest BCUT2D eigenvalue weighted by Crippen LogP contribution is 2.34. The van der Waals surface area contributed by atoms with Crippen molar-refractivity contribution in [3.63, 3.8) is 0 Å². The molecule has 0 saturated carbocycles. The van der Waals surface area contributed by atoms with Crippen LogP contribution in [-0.2, 0) is 11.3 Å². The maximum atomic E-state index is 13.9. The maximum absolute atomic E-state index is 13.9. The predicted molar refractivity (Wildman–Crippen MR) is 120 cm³/mol. The molecule has 2 N–H and O–H groups in total. The van der Waals surface area contributed by atoms with Crippen molar-refractivity contribution in [3.05, 3.63) is 71.0 Å².